The van der Waals surface area contributed by atoms with Crippen molar-refractivity contribution >= 4 is 22.4 Å². The standard InChI is InChI=1S/C19H25ClN2O3/c1-3-17(21)19(24-2)7-4-13(5-8-19)25-16-10-12-6-9-22-18(23)14(12)11-15(16)20/h6,9-11,13,17H,3-5,7-8,21H2,1-2H3,(H,22,23)/t13-,17?,19-. The fourth-order valence-corrected chi connectivity index (χ4v) is 3.96. The Hall–Kier alpha value is -1.56. The average Bonchev–Trinajstić information content (AvgIpc) is 2.63. The maximum atomic E-state index is 11.8. The first-order valence-corrected chi connectivity index (χ1v) is 9.15. The number of H-pyrrole nitrogens is 1. The normalized spacial score (nSPS) is 25.0. The summed E-state index contributed by atoms with van der Waals surface area (Å²) in [5.74, 6) is 0.620. The number of benzene rings is 1. The van der Waals surface area contributed by atoms with Crippen LogP contribution in [0.2, 0.25) is 5.02 Å². The molecule has 0 bridgehead atoms. The summed E-state index contributed by atoms with van der Waals surface area (Å²) >= 11 is 6.33. The minimum Gasteiger partial charge on any atom is -0.489 e. The Bertz CT molecular complexity index is 797. The van der Waals surface area contributed by atoms with Gasteiger partial charge in [0.2, 0.25) is 0 Å². The molecule has 1 unspecified atom stereocenters. The number of nitrogens with two attached hydrogens (primary N) is 1. The molecule has 0 aliphatic heterocycles. The van der Waals surface area contributed by atoms with Crippen LogP contribution < -0.4 is 16.0 Å². The van der Waals surface area contributed by atoms with Crippen LogP contribution in [0.4, 0.5) is 0 Å². The van der Waals surface area contributed by atoms with Crippen LogP contribution in [0, 0.1) is 0 Å². The van der Waals surface area contributed by atoms with E-state index in [4.69, 9.17) is 26.8 Å². The molecule has 6 heteroatoms. The summed E-state index contributed by atoms with van der Waals surface area (Å²) in [5, 5.41) is 1.84. The number of nitrogens with one attached hydrogen (secondary N) is 1. The molecular formula is C19H25ClN2O3. The molecule has 0 saturated heterocycles. The number of methoxy groups -OCH3 is 1. The van der Waals surface area contributed by atoms with Crippen molar-refractivity contribution in [3.63, 3.8) is 0 Å². The van der Waals surface area contributed by atoms with Crippen molar-refractivity contribution in [2.24, 2.45) is 5.73 Å². The van der Waals surface area contributed by atoms with Gasteiger partial charge in [-0.15, -0.1) is 0 Å². The van der Waals surface area contributed by atoms with Crippen molar-refractivity contribution in [2.45, 2.75) is 56.8 Å². The van der Waals surface area contributed by atoms with Crippen LogP contribution in [0.5, 0.6) is 5.75 Å². The number of aromatic amines is 1. The van der Waals surface area contributed by atoms with Crippen LogP contribution >= 0.6 is 11.6 Å². The van der Waals surface area contributed by atoms with Gasteiger partial charge >= 0.3 is 0 Å². The Balaban J connectivity index is 1.75. The third-order valence-electron chi connectivity index (χ3n) is 5.42. The molecule has 136 valence electrons. The van der Waals surface area contributed by atoms with Gasteiger partial charge in [-0.05, 0) is 55.7 Å². The molecule has 1 fully saturated rings. The lowest BCUT2D eigenvalue weighted by Crippen LogP contribution is -2.52. The van der Waals surface area contributed by atoms with Crippen LogP contribution in [0.25, 0.3) is 10.8 Å². The zero-order valence-electron chi connectivity index (χ0n) is 14.7. The van der Waals surface area contributed by atoms with E-state index in [0.29, 0.717) is 16.2 Å². The van der Waals surface area contributed by atoms with E-state index >= 15 is 0 Å². The molecule has 1 saturated carbocycles. The number of fused-ring (bicyclic) bond motifs is 1. The first-order valence-electron chi connectivity index (χ1n) is 8.77. The van der Waals surface area contributed by atoms with Gasteiger partial charge in [-0.1, -0.05) is 18.5 Å². The zero-order chi connectivity index (χ0) is 18.0. The second-order valence-electron chi connectivity index (χ2n) is 6.78. The lowest BCUT2D eigenvalue weighted by molar-refractivity contribution is -0.0768. The van der Waals surface area contributed by atoms with E-state index in [-0.39, 0.29) is 23.3 Å². The molecule has 1 aromatic heterocycles. The number of hydrogen-bond acceptors (Lipinski definition) is 4. The smallest absolute Gasteiger partial charge is 0.255 e. The highest BCUT2D eigenvalue weighted by Gasteiger charge is 2.40. The van der Waals surface area contributed by atoms with Crippen molar-refractivity contribution in [1.82, 2.24) is 4.98 Å². The fraction of sp³-hybridized carbons (Fsp3) is 0.526. The van der Waals surface area contributed by atoms with Crippen LogP contribution in [-0.4, -0.2) is 29.8 Å². The SMILES string of the molecule is CCC(N)[C@]1(OC)CC[C@H](Oc2cc3cc[nH]c(=O)c3cc2Cl)CC1. The van der Waals surface area contributed by atoms with Crippen LogP contribution in [-0.2, 0) is 4.74 Å². The monoisotopic (exact) mass is 364 g/mol. The fourth-order valence-electron chi connectivity index (χ4n) is 3.75. The van der Waals surface area contributed by atoms with E-state index < -0.39 is 0 Å². The molecule has 3 rings (SSSR count). The van der Waals surface area contributed by atoms with Crippen molar-refractivity contribution < 1.29 is 9.47 Å². The van der Waals surface area contributed by atoms with Gasteiger partial charge in [0, 0.05) is 24.7 Å². The third-order valence-corrected chi connectivity index (χ3v) is 5.72. The van der Waals surface area contributed by atoms with E-state index in [1.807, 2.05) is 12.1 Å². The predicted octanol–water partition coefficient (Wildman–Crippen LogP) is 3.63. The largest absolute Gasteiger partial charge is 0.489 e. The Morgan fingerprint density at radius 3 is 2.76 bits per heavy atom. The van der Waals surface area contributed by atoms with Gasteiger partial charge in [0.15, 0.2) is 0 Å². The molecule has 3 N–H and O–H groups in total. The van der Waals surface area contributed by atoms with Crippen LogP contribution in [0.3, 0.4) is 0 Å². The Morgan fingerprint density at radius 1 is 1.40 bits per heavy atom. The van der Waals surface area contributed by atoms with Crippen molar-refractivity contribution in [1.29, 1.82) is 0 Å². The molecule has 1 aliphatic rings. The highest BCUT2D eigenvalue weighted by Crippen LogP contribution is 2.37. The molecule has 1 heterocycles. The maximum absolute atomic E-state index is 11.8. The highest BCUT2D eigenvalue weighted by molar-refractivity contribution is 6.32. The summed E-state index contributed by atoms with van der Waals surface area (Å²) in [7, 11) is 1.74. The lowest BCUT2D eigenvalue weighted by atomic mass is 9.77. The Labute approximate surface area is 152 Å². The predicted molar refractivity (Wildman–Crippen MR) is 100 cm³/mol. The van der Waals surface area contributed by atoms with Gasteiger partial charge in [-0.25, -0.2) is 0 Å². The van der Waals surface area contributed by atoms with Gasteiger partial charge in [-0.2, -0.15) is 0 Å². The van der Waals surface area contributed by atoms with Crippen molar-refractivity contribution in [3.05, 3.63) is 39.8 Å². The summed E-state index contributed by atoms with van der Waals surface area (Å²) < 4.78 is 11.9. The van der Waals surface area contributed by atoms with Gasteiger partial charge in [0.1, 0.15) is 5.75 Å². The van der Waals surface area contributed by atoms with E-state index in [1.54, 1.807) is 19.4 Å². The first-order chi connectivity index (χ1) is 12.0. The number of pyridine rings is 1. The Kier molecular flexibility index (Phi) is 5.37. The molecule has 0 amide bonds. The molecule has 0 radical (unpaired) electrons. The minimum atomic E-state index is -0.255. The highest BCUT2D eigenvalue weighted by atomic mass is 35.5. The second-order valence-corrected chi connectivity index (χ2v) is 7.18. The number of halogens is 1. The summed E-state index contributed by atoms with van der Waals surface area (Å²) in [6.07, 6.45) is 6.06. The van der Waals surface area contributed by atoms with Gasteiger partial charge in [0.05, 0.1) is 16.7 Å². The minimum absolute atomic E-state index is 0.0365. The summed E-state index contributed by atoms with van der Waals surface area (Å²) in [6, 6.07) is 5.38. The molecular weight excluding hydrogens is 340 g/mol. The molecule has 0 spiro atoms. The number of ether oxygens (including phenoxy) is 2. The number of aromatic nitrogens is 1. The van der Waals surface area contributed by atoms with E-state index in [0.717, 1.165) is 37.5 Å². The Morgan fingerprint density at radius 2 is 2.12 bits per heavy atom. The molecule has 5 nitrogen and oxygen atoms in total. The summed E-state index contributed by atoms with van der Waals surface area (Å²) in [6.45, 7) is 2.09. The quantitative estimate of drug-likeness (QED) is 0.849. The third kappa shape index (κ3) is 3.54. The van der Waals surface area contributed by atoms with E-state index in [2.05, 4.69) is 11.9 Å². The van der Waals surface area contributed by atoms with Crippen LogP contribution in [0.15, 0.2) is 29.2 Å². The van der Waals surface area contributed by atoms with Gasteiger partial charge in [-0.3, -0.25) is 4.79 Å². The molecule has 2 aromatic rings. The lowest BCUT2D eigenvalue weighted by Gasteiger charge is -2.42. The second kappa shape index (κ2) is 7.36. The summed E-state index contributed by atoms with van der Waals surface area (Å²) in [5.41, 5.74) is 5.87. The molecule has 1 aliphatic carbocycles. The van der Waals surface area contributed by atoms with Crippen molar-refractivity contribution in [3.8, 4) is 5.75 Å². The first kappa shape index (κ1) is 18.2. The zero-order valence-corrected chi connectivity index (χ0v) is 15.4. The van der Waals surface area contributed by atoms with E-state index in [9.17, 15) is 4.79 Å². The maximum Gasteiger partial charge on any atom is 0.255 e. The van der Waals surface area contributed by atoms with Gasteiger partial charge in [0.25, 0.3) is 5.56 Å². The number of hydrogen-bond donors (Lipinski definition) is 2. The topological polar surface area (TPSA) is 77.3 Å². The van der Waals surface area contributed by atoms with E-state index in [1.165, 1.54) is 0 Å². The van der Waals surface area contributed by atoms with Crippen molar-refractivity contribution in [2.75, 3.05) is 7.11 Å². The van der Waals surface area contributed by atoms with Gasteiger partial charge < -0.3 is 20.2 Å². The number of rotatable bonds is 5. The average molecular weight is 365 g/mol. The summed E-state index contributed by atoms with van der Waals surface area (Å²) in [4.78, 5) is 14.5. The molecule has 1 aromatic carbocycles. The van der Waals surface area contributed by atoms with Crippen LogP contribution in [0.1, 0.15) is 39.0 Å². The molecule has 25 heavy (non-hydrogen) atoms. The molecule has 1 atom stereocenters.